The summed E-state index contributed by atoms with van der Waals surface area (Å²) < 4.78 is 6.76. The van der Waals surface area contributed by atoms with Crippen molar-refractivity contribution in [2.75, 3.05) is 6.61 Å². The van der Waals surface area contributed by atoms with Gasteiger partial charge in [0, 0.05) is 6.42 Å². The van der Waals surface area contributed by atoms with E-state index in [0.29, 0.717) is 0 Å². The van der Waals surface area contributed by atoms with E-state index >= 15 is 0 Å². The van der Waals surface area contributed by atoms with Gasteiger partial charge in [0.1, 0.15) is 11.9 Å². The Morgan fingerprint density at radius 3 is 2.76 bits per heavy atom. The van der Waals surface area contributed by atoms with Crippen molar-refractivity contribution < 1.29 is 9.84 Å². The average molecular weight is 297 g/mol. The van der Waals surface area contributed by atoms with Crippen LogP contribution in [0.15, 0.2) is 16.6 Å². The van der Waals surface area contributed by atoms with Crippen LogP contribution in [-0.4, -0.2) is 17.8 Å². The summed E-state index contributed by atoms with van der Waals surface area (Å²) in [4.78, 5) is 0. The van der Waals surface area contributed by atoms with Gasteiger partial charge in [0.05, 0.1) is 11.1 Å². The highest BCUT2D eigenvalue weighted by Crippen LogP contribution is 2.42. The SMILES string of the molecule is OC[C@H]1Cc2cc(C3CCCC3)cc(Br)c2O1. The summed E-state index contributed by atoms with van der Waals surface area (Å²) >= 11 is 3.60. The van der Waals surface area contributed by atoms with Crippen LogP contribution in [0.2, 0.25) is 0 Å². The van der Waals surface area contributed by atoms with Crippen LogP contribution in [0.25, 0.3) is 0 Å². The molecule has 3 heteroatoms. The van der Waals surface area contributed by atoms with Crippen LogP contribution in [0.1, 0.15) is 42.7 Å². The Labute approximate surface area is 110 Å². The van der Waals surface area contributed by atoms with Crippen molar-refractivity contribution in [3.8, 4) is 5.75 Å². The van der Waals surface area contributed by atoms with E-state index in [9.17, 15) is 0 Å². The van der Waals surface area contributed by atoms with Crippen molar-refractivity contribution in [2.45, 2.75) is 44.1 Å². The first-order chi connectivity index (χ1) is 8.28. The molecule has 1 fully saturated rings. The normalized spacial score (nSPS) is 23.8. The molecule has 0 bridgehead atoms. The fourth-order valence-corrected chi connectivity index (χ4v) is 3.62. The van der Waals surface area contributed by atoms with Crippen LogP contribution in [0.4, 0.5) is 0 Å². The zero-order valence-electron chi connectivity index (χ0n) is 9.79. The maximum Gasteiger partial charge on any atom is 0.137 e. The van der Waals surface area contributed by atoms with Crippen molar-refractivity contribution >= 4 is 15.9 Å². The van der Waals surface area contributed by atoms with E-state index in [4.69, 9.17) is 9.84 Å². The maximum absolute atomic E-state index is 9.17. The number of hydrogen-bond acceptors (Lipinski definition) is 2. The molecule has 3 rings (SSSR count). The third kappa shape index (κ3) is 2.11. The van der Waals surface area contributed by atoms with Gasteiger partial charge in [-0.3, -0.25) is 0 Å². The van der Waals surface area contributed by atoms with E-state index in [1.165, 1.54) is 36.8 Å². The van der Waals surface area contributed by atoms with E-state index in [2.05, 4.69) is 28.1 Å². The number of rotatable bonds is 2. The summed E-state index contributed by atoms with van der Waals surface area (Å²) in [6.07, 6.45) is 6.13. The Bertz CT molecular complexity index is 424. The summed E-state index contributed by atoms with van der Waals surface area (Å²) in [6, 6.07) is 4.49. The Hall–Kier alpha value is -0.540. The number of hydrogen-bond donors (Lipinski definition) is 1. The molecule has 1 aromatic carbocycles. The lowest BCUT2D eigenvalue weighted by molar-refractivity contribution is 0.134. The minimum absolute atomic E-state index is 0.0554. The molecule has 0 aromatic heterocycles. The Morgan fingerprint density at radius 2 is 2.06 bits per heavy atom. The van der Waals surface area contributed by atoms with Crippen LogP contribution >= 0.6 is 15.9 Å². The Balaban J connectivity index is 1.92. The highest BCUT2D eigenvalue weighted by atomic mass is 79.9. The van der Waals surface area contributed by atoms with Crippen LogP contribution in [0.5, 0.6) is 5.75 Å². The molecule has 2 aliphatic rings. The molecule has 1 aliphatic heterocycles. The lowest BCUT2D eigenvalue weighted by atomic mass is 9.95. The van der Waals surface area contributed by atoms with Crippen molar-refractivity contribution in [2.24, 2.45) is 0 Å². The molecule has 1 atom stereocenters. The fourth-order valence-electron chi connectivity index (χ4n) is 3.01. The zero-order valence-corrected chi connectivity index (χ0v) is 11.4. The Morgan fingerprint density at radius 1 is 1.29 bits per heavy atom. The zero-order chi connectivity index (χ0) is 11.8. The number of fused-ring (bicyclic) bond motifs is 1. The molecular formula is C14H17BrO2. The van der Waals surface area contributed by atoms with Crippen molar-refractivity contribution in [3.05, 3.63) is 27.7 Å². The van der Waals surface area contributed by atoms with Gasteiger partial charge in [0.2, 0.25) is 0 Å². The number of aliphatic hydroxyl groups is 1. The standard InChI is InChI=1S/C14H17BrO2/c15-13-7-10(9-3-1-2-4-9)5-11-6-12(8-16)17-14(11)13/h5,7,9,12,16H,1-4,6,8H2/t12-/m1/s1. The van der Waals surface area contributed by atoms with E-state index in [1.807, 2.05) is 0 Å². The molecule has 92 valence electrons. The van der Waals surface area contributed by atoms with E-state index < -0.39 is 0 Å². The van der Waals surface area contributed by atoms with Crippen LogP contribution in [0, 0.1) is 0 Å². The number of aliphatic hydroxyl groups excluding tert-OH is 1. The first-order valence-corrected chi connectivity index (χ1v) is 7.17. The van der Waals surface area contributed by atoms with Crippen molar-refractivity contribution in [1.29, 1.82) is 0 Å². The first kappa shape index (κ1) is 11.5. The summed E-state index contributed by atoms with van der Waals surface area (Å²) in [7, 11) is 0. The van der Waals surface area contributed by atoms with Crippen molar-refractivity contribution in [3.63, 3.8) is 0 Å². The summed E-state index contributed by atoms with van der Waals surface area (Å²) in [5.74, 6) is 1.66. The molecule has 0 radical (unpaired) electrons. The fraction of sp³-hybridized carbons (Fsp3) is 0.571. The molecule has 2 nitrogen and oxygen atoms in total. The summed E-state index contributed by atoms with van der Waals surface area (Å²) in [5.41, 5.74) is 2.69. The second-order valence-electron chi connectivity index (χ2n) is 5.10. The predicted molar refractivity (Wildman–Crippen MR) is 70.6 cm³/mol. The molecule has 0 spiro atoms. The van der Waals surface area contributed by atoms with Gasteiger partial charge in [-0.05, 0) is 51.9 Å². The molecule has 0 unspecified atom stereocenters. The molecule has 0 saturated heterocycles. The lowest BCUT2D eigenvalue weighted by Crippen LogP contribution is -2.17. The number of benzene rings is 1. The first-order valence-electron chi connectivity index (χ1n) is 6.37. The van der Waals surface area contributed by atoms with Gasteiger partial charge in [-0.15, -0.1) is 0 Å². The highest BCUT2D eigenvalue weighted by molar-refractivity contribution is 9.10. The third-order valence-electron chi connectivity index (χ3n) is 3.91. The minimum atomic E-state index is -0.0554. The number of halogens is 1. The predicted octanol–water partition coefficient (Wildman–Crippen LogP) is 3.40. The molecular weight excluding hydrogens is 280 g/mol. The average Bonchev–Trinajstić information content (AvgIpc) is 2.97. The Kier molecular flexibility index (Phi) is 3.14. The second kappa shape index (κ2) is 4.62. The van der Waals surface area contributed by atoms with Gasteiger partial charge in [0.25, 0.3) is 0 Å². The van der Waals surface area contributed by atoms with Crippen LogP contribution < -0.4 is 4.74 Å². The van der Waals surface area contributed by atoms with Gasteiger partial charge in [-0.25, -0.2) is 0 Å². The summed E-state index contributed by atoms with van der Waals surface area (Å²) in [6.45, 7) is 0.0971. The van der Waals surface area contributed by atoms with Gasteiger partial charge in [-0.2, -0.15) is 0 Å². The molecule has 17 heavy (non-hydrogen) atoms. The second-order valence-corrected chi connectivity index (χ2v) is 5.95. The van der Waals surface area contributed by atoms with Gasteiger partial charge in [-0.1, -0.05) is 18.9 Å². The molecule has 1 aromatic rings. The molecule has 1 aliphatic carbocycles. The van der Waals surface area contributed by atoms with Gasteiger partial charge < -0.3 is 9.84 Å². The molecule has 1 N–H and O–H groups in total. The molecule has 1 heterocycles. The molecule has 0 amide bonds. The largest absolute Gasteiger partial charge is 0.486 e. The van der Waals surface area contributed by atoms with Gasteiger partial charge in [0.15, 0.2) is 0 Å². The van der Waals surface area contributed by atoms with E-state index in [1.54, 1.807) is 0 Å². The topological polar surface area (TPSA) is 29.5 Å². The minimum Gasteiger partial charge on any atom is -0.486 e. The highest BCUT2D eigenvalue weighted by Gasteiger charge is 2.27. The monoisotopic (exact) mass is 296 g/mol. The quantitative estimate of drug-likeness (QED) is 0.906. The van der Waals surface area contributed by atoms with Crippen LogP contribution in [0.3, 0.4) is 0 Å². The third-order valence-corrected chi connectivity index (χ3v) is 4.49. The lowest BCUT2D eigenvalue weighted by Gasteiger charge is -2.12. The van der Waals surface area contributed by atoms with E-state index in [0.717, 1.165) is 22.6 Å². The maximum atomic E-state index is 9.17. The van der Waals surface area contributed by atoms with Crippen molar-refractivity contribution in [1.82, 2.24) is 0 Å². The number of ether oxygens (including phenoxy) is 1. The smallest absolute Gasteiger partial charge is 0.137 e. The van der Waals surface area contributed by atoms with Crippen LogP contribution in [-0.2, 0) is 6.42 Å². The summed E-state index contributed by atoms with van der Waals surface area (Å²) in [5, 5.41) is 9.17. The van der Waals surface area contributed by atoms with Gasteiger partial charge >= 0.3 is 0 Å². The molecule has 1 saturated carbocycles. The van der Waals surface area contributed by atoms with E-state index in [-0.39, 0.29) is 12.7 Å².